The summed E-state index contributed by atoms with van der Waals surface area (Å²) in [5, 5.41) is 3.52. The summed E-state index contributed by atoms with van der Waals surface area (Å²) in [5.41, 5.74) is 0.918. The van der Waals surface area contributed by atoms with Crippen LogP contribution in [0, 0.1) is 0 Å². The molecule has 1 atom stereocenters. The summed E-state index contributed by atoms with van der Waals surface area (Å²) in [5.74, 6) is 1.40. The van der Waals surface area contributed by atoms with Crippen molar-refractivity contribution >= 4 is 27.7 Å². The van der Waals surface area contributed by atoms with E-state index in [9.17, 15) is 13.2 Å². The van der Waals surface area contributed by atoms with Crippen LogP contribution >= 0.6 is 11.8 Å². The van der Waals surface area contributed by atoms with Gasteiger partial charge in [-0.1, -0.05) is 31.7 Å². The molecule has 0 radical (unpaired) electrons. The highest BCUT2D eigenvalue weighted by atomic mass is 32.2. The third-order valence-electron chi connectivity index (χ3n) is 4.68. The molecule has 1 amide bonds. The van der Waals surface area contributed by atoms with E-state index in [0.717, 1.165) is 5.56 Å². The summed E-state index contributed by atoms with van der Waals surface area (Å²) in [6, 6.07) is 8.53. The molecule has 0 saturated heterocycles. The van der Waals surface area contributed by atoms with Gasteiger partial charge in [0.05, 0.1) is 16.8 Å². The SMILES string of the molecule is CCN(CC)S(=O)(=O)c1ccc(SCC(=O)NC(C)c2ccc3c(c2)OCO3)nc1. The van der Waals surface area contributed by atoms with Crippen molar-refractivity contribution < 1.29 is 22.7 Å². The van der Waals surface area contributed by atoms with Gasteiger partial charge < -0.3 is 14.8 Å². The predicted octanol–water partition coefficient (Wildman–Crippen LogP) is 2.81. The summed E-state index contributed by atoms with van der Waals surface area (Å²) in [6.07, 6.45) is 1.34. The highest BCUT2D eigenvalue weighted by Crippen LogP contribution is 2.34. The first-order chi connectivity index (χ1) is 14.3. The number of sulfonamides is 1. The zero-order valence-electron chi connectivity index (χ0n) is 17.1. The second kappa shape index (κ2) is 9.67. The minimum atomic E-state index is -3.54. The molecule has 162 valence electrons. The maximum atomic E-state index is 12.5. The van der Waals surface area contributed by atoms with Crippen LogP contribution < -0.4 is 14.8 Å². The second-order valence-electron chi connectivity index (χ2n) is 6.61. The van der Waals surface area contributed by atoms with Gasteiger partial charge in [-0.05, 0) is 36.8 Å². The Morgan fingerprint density at radius 2 is 1.93 bits per heavy atom. The van der Waals surface area contributed by atoms with Crippen LogP contribution in [0.4, 0.5) is 0 Å². The van der Waals surface area contributed by atoms with E-state index in [4.69, 9.17) is 9.47 Å². The van der Waals surface area contributed by atoms with E-state index in [1.165, 1.54) is 28.3 Å². The standard InChI is InChI=1S/C20H25N3O5S2/c1-4-23(5-2)30(25,26)16-7-9-20(21-11-16)29-12-19(24)22-14(3)15-6-8-17-18(10-15)28-13-27-17/h6-11,14H,4-5,12-13H2,1-3H3,(H,22,24). The minimum Gasteiger partial charge on any atom is -0.454 e. The predicted molar refractivity (Wildman–Crippen MR) is 114 cm³/mol. The van der Waals surface area contributed by atoms with Crippen molar-refractivity contribution in [1.29, 1.82) is 0 Å². The van der Waals surface area contributed by atoms with Crippen LogP contribution in [0.1, 0.15) is 32.4 Å². The van der Waals surface area contributed by atoms with Crippen molar-refractivity contribution in [2.24, 2.45) is 0 Å². The average molecular weight is 452 g/mol. The van der Waals surface area contributed by atoms with Gasteiger partial charge in [0, 0.05) is 19.3 Å². The van der Waals surface area contributed by atoms with Crippen LogP contribution in [-0.2, 0) is 14.8 Å². The molecule has 8 nitrogen and oxygen atoms in total. The average Bonchev–Trinajstić information content (AvgIpc) is 3.21. The number of rotatable bonds is 9. The van der Waals surface area contributed by atoms with Gasteiger partial charge in [0.25, 0.3) is 0 Å². The number of hydrogen-bond acceptors (Lipinski definition) is 7. The molecule has 1 aliphatic rings. The van der Waals surface area contributed by atoms with Crippen molar-refractivity contribution in [3.63, 3.8) is 0 Å². The zero-order valence-corrected chi connectivity index (χ0v) is 18.8. The fraction of sp³-hybridized carbons (Fsp3) is 0.400. The van der Waals surface area contributed by atoms with Gasteiger partial charge in [-0.2, -0.15) is 4.31 Å². The quantitative estimate of drug-likeness (QED) is 0.586. The first-order valence-corrected chi connectivity index (χ1v) is 12.1. The molecule has 30 heavy (non-hydrogen) atoms. The van der Waals surface area contributed by atoms with Crippen LogP contribution in [-0.4, -0.2) is 49.2 Å². The van der Waals surface area contributed by atoms with Gasteiger partial charge in [0.2, 0.25) is 22.7 Å². The summed E-state index contributed by atoms with van der Waals surface area (Å²) >= 11 is 1.25. The summed E-state index contributed by atoms with van der Waals surface area (Å²) in [7, 11) is -3.54. The Kier molecular flexibility index (Phi) is 7.22. The lowest BCUT2D eigenvalue weighted by atomic mass is 10.1. The topological polar surface area (TPSA) is 97.8 Å². The lowest BCUT2D eigenvalue weighted by molar-refractivity contribution is -0.119. The zero-order chi connectivity index (χ0) is 21.7. The number of aromatic nitrogens is 1. The Labute approximate surface area is 181 Å². The number of hydrogen-bond donors (Lipinski definition) is 1. The maximum Gasteiger partial charge on any atom is 0.244 e. The number of pyridine rings is 1. The lowest BCUT2D eigenvalue weighted by Crippen LogP contribution is -2.30. The van der Waals surface area contributed by atoms with E-state index in [0.29, 0.717) is 29.6 Å². The van der Waals surface area contributed by atoms with Gasteiger partial charge >= 0.3 is 0 Å². The summed E-state index contributed by atoms with van der Waals surface area (Å²) in [6.45, 7) is 6.49. The third kappa shape index (κ3) is 5.05. The van der Waals surface area contributed by atoms with Crippen molar-refractivity contribution in [2.45, 2.75) is 36.7 Å². The largest absolute Gasteiger partial charge is 0.454 e. The maximum absolute atomic E-state index is 12.5. The van der Waals surface area contributed by atoms with Crippen LogP contribution in [0.3, 0.4) is 0 Å². The molecule has 1 aliphatic heterocycles. The molecule has 0 aliphatic carbocycles. The number of carbonyl (C=O) groups is 1. The van der Waals surface area contributed by atoms with Gasteiger partial charge in [-0.15, -0.1) is 0 Å². The molecule has 1 aromatic heterocycles. The fourth-order valence-electron chi connectivity index (χ4n) is 3.01. The smallest absolute Gasteiger partial charge is 0.244 e. The number of amides is 1. The molecule has 0 bridgehead atoms. The number of benzene rings is 1. The van der Waals surface area contributed by atoms with Crippen LogP contribution in [0.2, 0.25) is 0 Å². The monoisotopic (exact) mass is 451 g/mol. The summed E-state index contributed by atoms with van der Waals surface area (Å²) in [4.78, 5) is 16.6. The van der Waals surface area contributed by atoms with Crippen molar-refractivity contribution in [3.05, 3.63) is 42.1 Å². The van der Waals surface area contributed by atoms with Crippen molar-refractivity contribution in [3.8, 4) is 11.5 Å². The van der Waals surface area contributed by atoms with Crippen LogP contribution in [0.5, 0.6) is 11.5 Å². The highest BCUT2D eigenvalue weighted by molar-refractivity contribution is 7.99. The number of nitrogens with zero attached hydrogens (tertiary/aromatic N) is 2. The van der Waals surface area contributed by atoms with Gasteiger partial charge in [-0.3, -0.25) is 4.79 Å². The van der Waals surface area contributed by atoms with Crippen LogP contribution in [0.25, 0.3) is 0 Å². The number of thioether (sulfide) groups is 1. The molecular weight excluding hydrogens is 426 g/mol. The molecular formula is C20H25N3O5S2. The number of carbonyl (C=O) groups excluding carboxylic acids is 1. The van der Waals surface area contributed by atoms with E-state index in [1.807, 2.05) is 25.1 Å². The normalized spacial score (nSPS) is 14.0. The van der Waals surface area contributed by atoms with E-state index in [-0.39, 0.29) is 29.4 Å². The molecule has 0 spiro atoms. The van der Waals surface area contributed by atoms with E-state index in [1.54, 1.807) is 19.9 Å². The molecule has 3 rings (SSSR count). The third-order valence-corrected chi connectivity index (χ3v) is 7.65. The number of fused-ring (bicyclic) bond motifs is 1. The highest BCUT2D eigenvalue weighted by Gasteiger charge is 2.22. The van der Waals surface area contributed by atoms with E-state index in [2.05, 4.69) is 10.3 Å². The molecule has 0 saturated carbocycles. The van der Waals surface area contributed by atoms with Gasteiger partial charge in [0.15, 0.2) is 11.5 Å². The minimum absolute atomic E-state index is 0.146. The van der Waals surface area contributed by atoms with Gasteiger partial charge in [0.1, 0.15) is 4.90 Å². The molecule has 1 unspecified atom stereocenters. The first-order valence-electron chi connectivity index (χ1n) is 9.63. The Morgan fingerprint density at radius 1 is 1.20 bits per heavy atom. The Hall–Kier alpha value is -2.30. The molecule has 10 heteroatoms. The molecule has 2 aromatic rings. The van der Waals surface area contributed by atoms with Gasteiger partial charge in [-0.25, -0.2) is 13.4 Å². The second-order valence-corrected chi connectivity index (χ2v) is 9.55. The molecule has 1 N–H and O–H groups in total. The molecule has 0 fully saturated rings. The lowest BCUT2D eigenvalue weighted by Gasteiger charge is -2.18. The Balaban J connectivity index is 1.54. The van der Waals surface area contributed by atoms with E-state index >= 15 is 0 Å². The van der Waals surface area contributed by atoms with Crippen LogP contribution in [0.15, 0.2) is 46.5 Å². The molecule has 2 heterocycles. The first kappa shape index (κ1) is 22.4. The Bertz CT molecular complexity index is 992. The van der Waals surface area contributed by atoms with Crippen molar-refractivity contribution in [2.75, 3.05) is 25.6 Å². The van der Waals surface area contributed by atoms with E-state index < -0.39 is 10.0 Å². The molecule has 1 aromatic carbocycles. The fourth-order valence-corrected chi connectivity index (χ4v) is 5.06. The Morgan fingerprint density at radius 3 is 2.60 bits per heavy atom. The number of nitrogens with one attached hydrogen (secondary N) is 1. The van der Waals surface area contributed by atoms with Crippen molar-refractivity contribution in [1.82, 2.24) is 14.6 Å². The number of ether oxygens (including phenoxy) is 2. The summed E-state index contributed by atoms with van der Waals surface area (Å²) < 4.78 is 37.0.